The van der Waals surface area contributed by atoms with E-state index in [1.54, 1.807) is 19.2 Å². The Morgan fingerprint density at radius 3 is 3.11 bits per heavy atom. The molecule has 0 aromatic carbocycles. The maximum absolute atomic E-state index is 10.8. The van der Waals surface area contributed by atoms with Gasteiger partial charge < -0.3 is 5.32 Å². The Morgan fingerprint density at radius 1 is 1.89 bits per heavy atom. The summed E-state index contributed by atoms with van der Waals surface area (Å²) in [6, 6.07) is 3.47. The van der Waals surface area contributed by atoms with Gasteiger partial charge in [-0.05, 0) is 12.1 Å². The lowest BCUT2D eigenvalue weighted by Crippen LogP contribution is -2.15. The van der Waals surface area contributed by atoms with E-state index in [4.69, 9.17) is 0 Å². The molecule has 1 heterocycles. The van der Waals surface area contributed by atoms with E-state index >= 15 is 0 Å². The minimum Gasteiger partial charge on any atom is -0.354 e. The van der Waals surface area contributed by atoms with Crippen LogP contribution < -0.4 is 5.32 Å². The Morgan fingerprint density at radius 2 is 2.67 bits per heavy atom. The molecule has 9 heavy (non-hydrogen) atoms. The molecule has 47 valence electrons. The number of carbonyl (C=O) groups is 1. The first-order valence-corrected chi connectivity index (χ1v) is 3.34. The zero-order chi connectivity index (χ0) is 6.69. The number of nitrogens with one attached hydrogen (secondary N) is 1. The average Bonchev–Trinajstić information content (AvgIpc) is 2.37. The summed E-state index contributed by atoms with van der Waals surface area (Å²) in [6.07, 6.45) is 0. The molecule has 0 atom stereocenters. The van der Waals surface area contributed by atoms with E-state index in [-0.39, 0.29) is 5.91 Å². The van der Waals surface area contributed by atoms with E-state index in [1.165, 1.54) is 11.3 Å². The van der Waals surface area contributed by atoms with E-state index in [9.17, 15) is 4.79 Å². The molecule has 0 aliphatic rings. The third-order valence-electron chi connectivity index (χ3n) is 0.922. The zero-order valence-electron chi connectivity index (χ0n) is 4.97. The SMILES string of the molecule is CNC(=O)c1cc[c]s1. The Balaban J connectivity index is 2.77. The number of amides is 1. The summed E-state index contributed by atoms with van der Waals surface area (Å²) in [5.41, 5.74) is 0. The summed E-state index contributed by atoms with van der Waals surface area (Å²) >= 11 is 1.32. The van der Waals surface area contributed by atoms with Crippen molar-refractivity contribution in [2.24, 2.45) is 0 Å². The highest BCUT2D eigenvalue weighted by molar-refractivity contribution is 7.11. The van der Waals surface area contributed by atoms with Gasteiger partial charge in [0.25, 0.3) is 5.91 Å². The van der Waals surface area contributed by atoms with Crippen LogP contribution in [0, 0.1) is 5.38 Å². The smallest absolute Gasteiger partial charge is 0.261 e. The minimum atomic E-state index is -0.0405. The molecular weight excluding hydrogens is 134 g/mol. The van der Waals surface area contributed by atoms with Crippen LogP contribution in [0.2, 0.25) is 0 Å². The first kappa shape index (κ1) is 6.29. The molecule has 0 saturated carbocycles. The lowest BCUT2D eigenvalue weighted by Gasteiger charge is -1.90. The molecular formula is C6H6NOS. The maximum atomic E-state index is 10.8. The Labute approximate surface area is 57.5 Å². The minimum absolute atomic E-state index is 0.0405. The van der Waals surface area contributed by atoms with Crippen LogP contribution in [0.3, 0.4) is 0 Å². The molecule has 0 unspecified atom stereocenters. The van der Waals surface area contributed by atoms with Gasteiger partial charge in [-0.25, -0.2) is 0 Å². The summed E-state index contributed by atoms with van der Waals surface area (Å²) in [5.74, 6) is -0.0405. The van der Waals surface area contributed by atoms with Crippen molar-refractivity contribution in [1.29, 1.82) is 0 Å². The number of hydrogen-bond donors (Lipinski definition) is 1. The molecule has 0 aliphatic carbocycles. The van der Waals surface area contributed by atoms with E-state index < -0.39 is 0 Å². The third-order valence-corrected chi connectivity index (χ3v) is 1.72. The molecule has 1 rings (SSSR count). The van der Waals surface area contributed by atoms with Crippen LogP contribution >= 0.6 is 11.3 Å². The van der Waals surface area contributed by atoms with E-state index in [1.807, 2.05) is 0 Å². The van der Waals surface area contributed by atoms with E-state index in [2.05, 4.69) is 10.7 Å². The Kier molecular flexibility index (Phi) is 1.85. The van der Waals surface area contributed by atoms with Crippen LogP contribution in [-0.4, -0.2) is 13.0 Å². The highest BCUT2D eigenvalue weighted by atomic mass is 32.1. The molecule has 1 N–H and O–H groups in total. The van der Waals surface area contributed by atoms with Gasteiger partial charge in [0.15, 0.2) is 0 Å². The highest BCUT2D eigenvalue weighted by Gasteiger charge is 2.00. The molecule has 1 aromatic rings. The highest BCUT2D eigenvalue weighted by Crippen LogP contribution is 2.05. The van der Waals surface area contributed by atoms with Gasteiger partial charge in [-0.15, -0.1) is 11.3 Å². The maximum Gasteiger partial charge on any atom is 0.261 e. The van der Waals surface area contributed by atoms with Gasteiger partial charge >= 0.3 is 0 Å². The van der Waals surface area contributed by atoms with Crippen molar-refractivity contribution in [3.63, 3.8) is 0 Å². The topological polar surface area (TPSA) is 29.1 Å². The number of rotatable bonds is 1. The van der Waals surface area contributed by atoms with Crippen LogP contribution in [0.25, 0.3) is 0 Å². The molecule has 0 fully saturated rings. The van der Waals surface area contributed by atoms with Crippen molar-refractivity contribution in [3.05, 3.63) is 22.4 Å². The normalized spacial score (nSPS) is 9.00. The van der Waals surface area contributed by atoms with Gasteiger partial charge in [-0.3, -0.25) is 4.79 Å². The zero-order valence-corrected chi connectivity index (χ0v) is 5.79. The second-order valence-electron chi connectivity index (χ2n) is 1.50. The lowest BCUT2D eigenvalue weighted by atomic mass is 10.4. The van der Waals surface area contributed by atoms with Gasteiger partial charge in [0.2, 0.25) is 0 Å². The Hall–Kier alpha value is -0.830. The molecule has 0 saturated heterocycles. The summed E-state index contributed by atoms with van der Waals surface area (Å²) in [6.45, 7) is 0. The van der Waals surface area contributed by atoms with Crippen LogP contribution in [0.4, 0.5) is 0 Å². The molecule has 0 bridgehead atoms. The second-order valence-corrected chi connectivity index (χ2v) is 2.38. The van der Waals surface area contributed by atoms with E-state index in [0.29, 0.717) is 4.88 Å². The van der Waals surface area contributed by atoms with Crippen molar-refractivity contribution >= 4 is 17.2 Å². The third kappa shape index (κ3) is 1.29. The fourth-order valence-electron chi connectivity index (χ4n) is 0.486. The average molecular weight is 140 g/mol. The fourth-order valence-corrected chi connectivity index (χ4v) is 1.08. The largest absolute Gasteiger partial charge is 0.354 e. The molecule has 1 aromatic heterocycles. The summed E-state index contributed by atoms with van der Waals surface area (Å²) in [7, 11) is 1.61. The summed E-state index contributed by atoms with van der Waals surface area (Å²) in [5, 5.41) is 5.34. The van der Waals surface area contributed by atoms with Gasteiger partial charge in [0.1, 0.15) is 0 Å². The van der Waals surface area contributed by atoms with Gasteiger partial charge in [0, 0.05) is 12.4 Å². The van der Waals surface area contributed by atoms with Crippen molar-refractivity contribution in [2.75, 3.05) is 7.05 Å². The van der Waals surface area contributed by atoms with Crippen LogP contribution in [0.5, 0.6) is 0 Å². The Bertz CT molecular complexity index is 193. The van der Waals surface area contributed by atoms with Crippen LogP contribution in [-0.2, 0) is 0 Å². The van der Waals surface area contributed by atoms with Crippen LogP contribution in [0.15, 0.2) is 12.1 Å². The van der Waals surface area contributed by atoms with Crippen LogP contribution in [0.1, 0.15) is 9.67 Å². The molecule has 1 amide bonds. The quantitative estimate of drug-likeness (QED) is 0.617. The van der Waals surface area contributed by atoms with E-state index in [0.717, 1.165) is 0 Å². The van der Waals surface area contributed by atoms with Crippen molar-refractivity contribution < 1.29 is 4.79 Å². The van der Waals surface area contributed by atoms with Gasteiger partial charge in [-0.2, -0.15) is 0 Å². The monoisotopic (exact) mass is 140 g/mol. The lowest BCUT2D eigenvalue weighted by molar-refractivity contribution is 0.0967. The molecule has 2 nitrogen and oxygen atoms in total. The molecule has 3 heteroatoms. The van der Waals surface area contributed by atoms with Gasteiger partial charge in [0.05, 0.1) is 4.88 Å². The standard InChI is InChI=1S/C6H6NOS/c1-7-6(8)5-3-2-4-9-5/h2-3H,1H3,(H,7,8). The number of carbonyl (C=O) groups excluding carboxylic acids is 1. The molecule has 0 aliphatic heterocycles. The second kappa shape index (κ2) is 2.64. The summed E-state index contributed by atoms with van der Waals surface area (Å²) in [4.78, 5) is 11.5. The predicted molar refractivity (Wildman–Crippen MR) is 36.5 cm³/mol. The molecule has 0 spiro atoms. The molecule has 1 radical (unpaired) electrons. The summed E-state index contributed by atoms with van der Waals surface area (Å²) < 4.78 is 0. The van der Waals surface area contributed by atoms with Crippen molar-refractivity contribution in [1.82, 2.24) is 5.32 Å². The van der Waals surface area contributed by atoms with Crippen molar-refractivity contribution in [3.8, 4) is 0 Å². The predicted octanol–water partition coefficient (Wildman–Crippen LogP) is 0.908. The fraction of sp³-hybridized carbons (Fsp3) is 0.167. The van der Waals surface area contributed by atoms with Gasteiger partial charge in [-0.1, -0.05) is 0 Å². The van der Waals surface area contributed by atoms with Crippen molar-refractivity contribution in [2.45, 2.75) is 0 Å². The number of thiophene rings is 1. The number of hydrogen-bond acceptors (Lipinski definition) is 2. The first-order valence-electron chi connectivity index (χ1n) is 2.52. The first-order chi connectivity index (χ1) is 4.34.